The first kappa shape index (κ1) is 16.4. The molecule has 0 amide bonds. The summed E-state index contributed by atoms with van der Waals surface area (Å²) in [6.45, 7) is 0. The summed E-state index contributed by atoms with van der Waals surface area (Å²) in [6.07, 6.45) is 0. The Morgan fingerprint density at radius 1 is 0.591 bits per heavy atom. The van der Waals surface area contributed by atoms with Crippen molar-refractivity contribution >= 4 is 36.5 Å². The van der Waals surface area contributed by atoms with Crippen LogP contribution in [0.25, 0.3) is 0 Å². The Bertz CT molecular complexity index is 675. The minimum atomic E-state index is -1.03. The van der Waals surface area contributed by atoms with Crippen molar-refractivity contribution in [2.75, 3.05) is 0 Å². The molecule has 0 bridgehead atoms. The monoisotopic (exact) mass is 326 g/mol. The molecule has 0 saturated carbocycles. The molecule has 0 atom stereocenters. The highest BCUT2D eigenvalue weighted by Crippen LogP contribution is 2.37. The first-order chi connectivity index (χ1) is 10.4. The van der Waals surface area contributed by atoms with Crippen LogP contribution >= 0.6 is 20.3 Å². The van der Waals surface area contributed by atoms with Crippen LogP contribution in [0.3, 0.4) is 0 Å². The van der Waals surface area contributed by atoms with Crippen molar-refractivity contribution in [1.82, 2.24) is 0 Å². The number of hydrogen-bond donors (Lipinski definition) is 0. The van der Waals surface area contributed by atoms with Crippen LogP contribution in [-0.2, 0) is 0 Å². The molecule has 0 fully saturated rings. The number of carbonyl (C=O) groups is 1. The van der Waals surface area contributed by atoms with Crippen molar-refractivity contribution in [3.05, 3.63) is 96.6 Å². The fourth-order valence-electron chi connectivity index (χ4n) is 2.25. The summed E-state index contributed by atoms with van der Waals surface area (Å²) in [5.74, 6) is 0. The number of halogens is 1. The molecule has 0 radical (unpaired) electrons. The minimum Gasteiger partial charge on any atom is -0.288 e. The molecule has 0 aliphatic heterocycles. The van der Waals surface area contributed by atoms with Crippen molar-refractivity contribution in [2.24, 2.45) is 0 Å². The SMILES string of the molecule is Cl.O=C(c1ccccc1)P(c1ccccc1)c1ccccc1. The van der Waals surface area contributed by atoms with Crippen molar-refractivity contribution in [2.45, 2.75) is 0 Å². The third-order valence-electron chi connectivity index (χ3n) is 3.25. The van der Waals surface area contributed by atoms with Gasteiger partial charge in [0.05, 0.1) is 0 Å². The zero-order chi connectivity index (χ0) is 14.5. The summed E-state index contributed by atoms with van der Waals surface area (Å²) in [6, 6.07) is 29.6. The van der Waals surface area contributed by atoms with E-state index < -0.39 is 7.92 Å². The topological polar surface area (TPSA) is 17.1 Å². The molecule has 0 saturated heterocycles. The summed E-state index contributed by atoms with van der Waals surface area (Å²) in [5.41, 5.74) is 0.972. The lowest BCUT2D eigenvalue weighted by atomic mass is 10.2. The third-order valence-corrected chi connectivity index (χ3v) is 5.55. The molecule has 0 aromatic heterocycles. The van der Waals surface area contributed by atoms with Gasteiger partial charge in [-0.05, 0) is 10.6 Å². The van der Waals surface area contributed by atoms with E-state index in [4.69, 9.17) is 0 Å². The highest BCUT2D eigenvalue weighted by Gasteiger charge is 2.23. The van der Waals surface area contributed by atoms with Crippen LogP contribution in [0.1, 0.15) is 10.4 Å². The molecule has 0 aliphatic rings. The second-order valence-corrected chi connectivity index (χ2v) is 6.79. The summed E-state index contributed by atoms with van der Waals surface area (Å²) >= 11 is 0. The van der Waals surface area contributed by atoms with Gasteiger partial charge in [-0.25, -0.2) is 0 Å². The fourth-order valence-corrected chi connectivity index (χ4v) is 4.36. The molecule has 0 unspecified atom stereocenters. The number of rotatable bonds is 4. The van der Waals surface area contributed by atoms with Crippen LogP contribution in [0.4, 0.5) is 0 Å². The number of hydrogen-bond acceptors (Lipinski definition) is 1. The third kappa shape index (κ3) is 3.62. The van der Waals surface area contributed by atoms with E-state index in [0.29, 0.717) is 0 Å². The molecule has 0 heterocycles. The zero-order valence-electron chi connectivity index (χ0n) is 11.9. The Morgan fingerprint density at radius 2 is 0.955 bits per heavy atom. The second-order valence-electron chi connectivity index (χ2n) is 4.68. The van der Waals surface area contributed by atoms with Gasteiger partial charge in [0.2, 0.25) is 0 Å². The molecule has 3 rings (SSSR count). The summed E-state index contributed by atoms with van der Waals surface area (Å²) in [5, 5.41) is 2.18. The molecule has 3 aromatic carbocycles. The van der Waals surface area contributed by atoms with E-state index in [1.807, 2.05) is 91.0 Å². The van der Waals surface area contributed by atoms with Gasteiger partial charge in [0.1, 0.15) is 0 Å². The normalized spacial score (nSPS) is 10.0. The lowest BCUT2D eigenvalue weighted by Gasteiger charge is -2.17. The first-order valence-electron chi connectivity index (χ1n) is 6.86. The Kier molecular flexibility index (Phi) is 5.89. The Labute approximate surface area is 138 Å². The van der Waals surface area contributed by atoms with Gasteiger partial charge in [-0.2, -0.15) is 0 Å². The van der Waals surface area contributed by atoms with E-state index >= 15 is 0 Å². The van der Waals surface area contributed by atoms with E-state index in [2.05, 4.69) is 0 Å². The van der Waals surface area contributed by atoms with Gasteiger partial charge in [-0.1, -0.05) is 91.0 Å². The average molecular weight is 327 g/mol. The van der Waals surface area contributed by atoms with E-state index in [1.54, 1.807) is 0 Å². The van der Waals surface area contributed by atoms with Crippen molar-refractivity contribution in [1.29, 1.82) is 0 Å². The maximum absolute atomic E-state index is 13.0. The highest BCUT2D eigenvalue weighted by atomic mass is 35.5. The van der Waals surface area contributed by atoms with Crippen LogP contribution < -0.4 is 10.6 Å². The zero-order valence-corrected chi connectivity index (χ0v) is 13.6. The maximum Gasteiger partial charge on any atom is 0.193 e. The van der Waals surface area contributed by atoms with E-state index in [9.17, 15) is 4.79 Å². The molecular formula is C19H16ClOP. The number of carbonyl (C=O) groups excluding carboxylic acids is 1. The lowest BCUT2D eigenvalue weighted by Crippen LogP contribution is -2.18. The van der Waals surface area contributed by atoms with Crippen LogP contribution in [0.2, 0.25) is 0 Å². The molecular weight excluding hydrogens is 311 g/mol. The first-order valence-corrected chi connectivity index (χ1v) is 8.20. The molecule has 3 heteroatoms. The summed E-state index contributed by atoms with van der Waals surface area (Å²) in [4.78, 5) is 13.0. The predicted molar refractivity (Wildman–Crippen MR) is 97.1 cm³/mol. The quantitative estimate of drug-likeness (QED) is 0.650. The van der Waals surface area contributed by atoms with Gasteiger partial charge < -0.3 is 0 Å². The molecule has 22 heavy (non-hydrogen) atoms. The van der Waals surface area contributed by atoms with Crippen LogP contribution in [-0.4, -0.2) is 5.52 Å². The van der Waals surface area contributed by atoms with E-state index in [0.717, 1.165) is 16.2 Å². The Hall–Kier alpha value is -1.95. The number of benzene rings is 3. The molecule has 1 nitrogen and oxygen atoms in total. The van der Waals surface area contributed by atoms with Crippen LogP contribution in [0, 0.1) is 0 Å². The summed E-state index contributed by atoms with van der Waals surface area (Å²) < 4.78 is 0. The van der Waals surface area contributed by atoms with Crippen molar-refractivity contribution < 1.29 is 4.79 Å². The predicted octanol–water partition coefficient (Wildman–Crippen LogP) is 4.38. The van der Waals surface area contributed by atoms with Crippen LogP contribution in [0.5, 0.6) is 0 Å². The van der Waals surface area contributed by atoms with Crippen molar-refractivity contribution in [3.63, 3.8) is 0 Å². The van der Waals surface area contributed by atoms with Crippen LogP contribution in [0.15, 0.2) is 91.0 Å². The Balaban J connectivity index is 0.00000176. The second kappa shape index (κ2) is 7.89. The fraction of sp³-hybridized carbons (Fsp3) is 0. The molecule has 0 spiro atoms. The van der Waals surface area contributed by atoms with Gasteiger partial charge in [0, 0.05) is 13.5 Å². The summed E-state index contributed by atoms with van der Waals surface area (Å²) in [7, 11) is -1.03. The van der Waals surface area contributed by atoms with Crippen molar-refractivity contribution in [3.8, 4) is 0 Å². The van der Waals surface area contributed by atoms with Gasteiger partial charge in [0.15, 0.2) is 5.52 Å². The molecule has 0 N–H and O–H groups in total. The van der Waals surface area contributed by atoms with Gasteiger partial charge in [-0.15, -0.1) is 12.4 Å². The maximum atomic E-state index is 13.0. The highest BCUT2D eigenvalue weighted by molar-refractivity contribution is 7.88. The van der Waals surface area contributed by atoms with Gasteiger partial charge >= 0.3 is 0 Å². The largest absolute Gasteiger partial charge is 0.288 e. The smallest absolute Gasteiger partial charge is 0.193 e. The van der Waals surface area contributed by atoms with E-state index in [-0.39, 0.29) is 17.9 Å². The Morgan fingerprint density at radius 3 is 1.36 bits per heavy atom. The average Bonchev–Trinajstić information content (AvgIpc) is 2.58. The van der Waals surface area contributed by atoms with Gasteiger partial charge in [0.25, 0.3) is 0 Å². The van der Waals surface area contributed by atoms with Gasteiger partial charge in [-0.3, -0.25) is 4.79 Å². The molecule has 3 aromatic rings. The van der Waals surface area contributed by atoms with E-state index in [1.165, 1.54) is 0 Å². The minimum absolute atomic E-state index is 0. The molecule has 110 valence electrons. The standard InChI is InChI=1S/C19H15OP.ClH/c20-19(16-10-4-1-5-11-16)21(17-12-6-2-7-13-17)18-14-8-3-9-15-18;/h1-15H;1H. The lowest BCUT2D eigenvalue weighted by molar-refractivity contribution is 0.108. The molecule has 0 aliphatic carbocycles.